The molecule has 0 saturated carbocycles. The number of carbonyl (C=O) groups excluding carboxylic acids is 1. The molecule has 4 nitrogen and oxygen atoms in total. The average Bonchev–Trinajstić information content (AvgIpc) is 3.07. The van der Waals surface area contributed by atoms with Crippen LogP contribution in [0.5, 0.6) is 0 Å². The molecule has 29 heavy (non-hydrogen) atoms. The first kappa shape index (κ1) is 20.8. The molecule has 1 aromatic carbocycles. The number of carbonyl (C=O) groups is 1. The van der Waals surface area contributed by atoms with Crippen LogP contribution in [0, 0.1) is 0 Å². The first-order valence-electron chi connectivity index (χ1n) is 7.97. The predicted molar refractivity (Wildman–Crippen MR) is 93.6 cm³/mol. The van der Waals surface area contributed by atoms with Gasteiger partial charge in [0.25, 0.3) is 5.91 Å². The summed E-state index contributed by atoms with van der Waals surface area (Å²) in [5.41, 5.74) is -2.65. The van der Waals surface area contributed by atoms with Crippen molar-refractivity contribution in [1.82, 2.24) is 9.97 Å². The molecular formula is C18H11F6N3OS. The van der Waals surface area contributed by atoms with Gasteiger partial charge in [0.05, 0.1) is 16.7 Å². The van der Waals surface area contributed by atoms with Gasteiger partial charge in [-0.3, -0.25) is 15.1 Å². The fourth-order valence-electron chi connectivity index (χ4n) is 2.44. The van der Waals surface area contributed by atoms with E-state index in [9.17, 15) is 31.1 Å². The Morgan fingerprint density at radius 2 is 1.66 bits per heavy atom. The van der Waals surface area contributed by atoms with Gasteiger partial charge in [0, 0.05) is 29.9 Å². The molecular weight excluding hydrogens is 420 g/mol. The van der Waals surface area contributed by atoms with Gasteiger partial charge in [-0.05, 0) is 35.9 Å². The molecule has 2 aromatic heterocycles. The van der Waals surface area contributed by atoms with Gasteiger partial charge >= 0.3 is 12.4 Å². The lowest BCUT2D eigenvalue weighted by Crippen LogP contribution is -2.12. The molecule has 2 heterocycles. The lowest BCUT2D eigenvalue weighted by molar-refractivity contribution is -0.143. The Morgan fingerprint density at radius 1 is 1.00 bits per heavy atom. The second-order valence-corrected chi connectivity index (χ2v) is 7.03. The van der Waals surface area contributed by atoms with E-state index in [1.807, 2.05) is 0 Å². The van der Waals surface area contributed by atoms with E-state index in [4.69, 9.17) is 0 Å². The van der Waals surface area contributed by atoms with Gasteiger partial charge in [-0.2, -0.15) is 26.3 Å². The number of nitrogens with one attached hydrogen (secondary N) is 1. The summed E-state index contributed by atoms with van der Waals surface area (Å²) in [6.07, 6.45) is -5.91. The first-order chi connectivity index (χ1) is 13.5. The summed E-state index contributed by atoms with van der Waals surface area (Å²) in [7, 11) is 0. The highest BCUT2D eigenvalue weighted by Gasteiger charge is 2.36. The number of rotatable bonds is 4. The van der Waals surface area contributed by atoms with E-state index in [-0.39, 0.29) is 28.7 Å². The van der Waals surface area contributed by atoms with Crippen molar-refractivity contribution < 1.29 is 31.1 Å². The number of amides is 1. The maximum atomic E-state index is 13.0. The van der Waals surface area contributed by atoms with Crippen molar-refractivity contribution in [2.24, 2.45) is 0 Å². The molecule has 3 rings (SSSR count). The molecule has 0 radical (unpaired) electrons. The molecule has 0 bridgehead atoms. The van der Waals surface area contributed by atoms with Crippen molar-refractivity contribution >= 4 is 22.4 Å². The van der Waals surface area contributed by atoms with Crippen LogP contribution in [0.3, 0.4) is 0 Å². The molecule has 0 aliphatic rings. The van der Waals surface area contributed by atoms with Crippen molar-refractivity contribution in [2.75, 3.05) is 5.32 Å². The number of alkyl halides is 6. The Kier molecular flexibility index (Phi) is 5.60. The Hall–Kier alpha value is -2.95. The molecule has 0 unspecified atom stereocenters. The number of thiazole rings is 1. The minimum absolute atomic E-state index is 0.0791. The summed E-state index contributed by atoms with van der Waals surface area (Å²) in [6, 6.07) is 4.51. The molecule has 1 amide bonds. The zero-order chi connectivity index (χ0) is 21.2. The summed E-state index contributed by atoms with van der Waals surface area (Å²) in [5.74, 6) is -0.488. The van der Waals surface area contributed by atoms with Gasteiger partial charge in [-0.15, -0.1) is 11.3 Å². The number of aromatic nitrogens is 2. The van der Waals surface area contributed by atoms with E-state index in [1.165, 1.54) is 24.7 Å². The smallest absolute Gasteiger partial charge is 0.298 e. The van der Waals surface area contributed by atoms with E-state index in [0.29, 0.717) is 17.0 Å². The Bertz CT molecular complexity index is 982. The van der Waals surface area contributed by atoms with Gasteiger partial charge in [0.15, 0.2) is 5.13 Å². The molecule has 3 aromatic rings. The molecule has 0 atom stereocenters. The lowest BCUT2D eigenvalue weighted by atomic mass is 10.0. The van der Waals surface area contributed by atoms with Crippen molar-refractivity contribution in [3.05, 3.63) is 76.1 Å². The maximum absolute atomic E-state index is 13.0. The highest BCUT2D eigenvalue weighted by Crippen LogP contribution is 2.37. The number of hydrogen-bond donors (Lipinski definition) is 1. The Morgan fingerprint density at radius 3 is 2.21 bits per heavy atom. The maximum Gasteiger partial charge on any atom is 0.416 e. The van der Waals surface area contributed by atoms with Gasteiger partial charge < -0.3 is 0 Å². The molecule has 1 N–H and O–H groups in total. The number of pyridine rings is 1. The summed E-state index contributed by atoms with van der Waals surface area (Å²) in [4.78, 5) is 20.2. The minimum atomic E-state index is -4.91. The second-order valence-electron chi connectivity index (χ2n) is 5.92. The molecule has 0 fully saturated rings. The van der Waals surface area contributed by atoms with Crippen molar-refractivity contribution in [3.63, 3.8) is 0 Å². The Balaban J connectivity index is 1.81. The van der Waals surface area contributed by atoms with Crippen LogP contribution in [0.15, 0.2) is 48.9 Å². The monoisotopic (exact) mass is 431 g/mol. The van der Waals surface area contributed by atoms with Crippen LogP contribution in [-0.4, -0.2) is 15.9 Å². The lowest BCUT2D eigenvalue weighted by Gasteiger charge is -2.13. The normalized spacial score (nSPS) is 12.1. The first-order valence-corrected chi connectivity index (χ1v) is 8.78. The van der Waals surface area contributed by atoms with E-state index in [0.717, 1.165) is 11.3 Å². The highest BCUT2D eigenvalue weighted by molar-refractivity contribution is 7.15. The van der Waals surface area contributed by atoms with Gasteiger partial charge in [0.2, 0.25) is 0 Å². The van der Waals surface area contributed by atoms with Crippen LogP contribution in [0.2, 0.25) is 0 Å². The number of hydrogen-bond acceptors (Lipinski definition) is 4. The van der Waals surface area contributed by atoms with E-state index in [1.54, 1.807) is 6.07 Å². The van der Waals surface area contributed by atoms with Crippen LogP contribution < -0.4 is 5.32 Å². The third-order valence-electron chi connectivity index (χ3n) is 3.72. The van der Waals surface area contributed by atoms with Crippen LogP contribution in [0.1, 0.15) is 31.9 Å². The van der Waals surface area contributed by atoms with Gasteiger partial charge in [0.1, 0.15) is 0 Å². The summed E-state index contributed by atoms with van der Waals surface area (Å²) >= 11 is 0.951. The summed E-state index contributed by atoms with van der Waals surface area (Å²) in [6.45, 7) is 0. The van der Waals surface area contributed by atoms with Gasteiger partial charge in [-0.1, -0.05) is 0 Å². The molecule has 11 heteroatoms. The van der Waals surface area contributed by atoms with Crippen LogP contribution >= 0.6 is 11.3 Å². The molecule has 0 saturated heterocycles. The molecule has 0 aliphatic heterocycles. The average molecular weight is 431 g/mol. The number of benzene rings is 1. The summed E-state index contributed by atoms with van der Waals surface area (Å²) in [5, 5.41) is 2.67. The van der Waals surface area contributed by atoms with Crippen LogP contribution in [0.25, 0.3) is 0 Å². The SMILES string of the molecule is O=C(Nc1ncc(Cc2cc(C(F)(F)F)cc(C(F)(F)F)c2)s1)c1cccnc1. The van der Waals surface area contributed by atoms with Crippen LogP contribution in [0.4, 0.5) is 31.5 Å². The number of anilines is 1. The summed E-state index contributed by atoms with van der Waals surface area (Å²) < 4.78 is 77.7. The quantitative estimate of drug-likeness (QED) is 0.562. The van der Waals surface area contributed by atoms with Crippen molar-refractivity contribution in [2.45, 2.75) is 18.8 Å². The highest BCUT2D eigenvalue weighted by atomic mass is 32.1. The minimum Gasteiger partial charge on any atom is -0.298 e. The standard InChI is InChI=1S/C18H11F6N3OS/c19-17(20,21)12-4-10(5-13(7-12)18(22,23)24)6-14-9-26-16(29-14)27-15(28)11-2-1-3-25-8-11/h1-5,7-9H,6H2,(H,26,27,28). The van der Waals surface area contributed by atoms with Gasteiger partial charge in [-0.25, -0.2) is 4.98 Å². The fourth-order valence-corrected chi connectivity index (χ4v) is 3.28. The number of halogens is 6. The zero-order valence-corrected chi connectivity index (χ0v) is 15.1. The second kappa shape index (κ2) is 7.82. The van der Waals surface area contributed by atoms with Crippen LogP contribution in [-0.2, 0) is 18.8 Å². The van der Waals surface area contributed by atoms with E-state index >= 15 is 0 Å². The van der Waals surface area contributed by atoms with Crippen molar-refractivity contribution in [3.8, 4) is 0 Å². The fraction of sp³-hybridized carbons (Fsp3) is 0.167. The Labute approximate surface area is 164 Å². The largest absolute Gasteiger partial charge is 0.416 e. The molecule has 0 aliphatic carbocycles. The van der Waals surface area contributed by atoms with Crippen molar-refractivity contribution in [1.29, 1.82) is 0 Å². The predicted octanol–water partition coefficient (Wildman–Crippen LogP) is 5.42. The zero-order valence-electron chi connectivity index (χ0n) is 14.3. The molecule has 0 spiro atoms. The number of nitrogens with zero attached hydrogens (tertiary/aromatic N) is 2. The third kappa shape index (κ3) is 5.31. The third-order valence-corrected chi connectivity index (χ3v) is 4.64. The van der Waals surface area contributed by atoms with E-state index < -0.39 is 29.4 Å². The van der Waals surface area contributed by atoms with E-state index in [2.05, 4.69) is 15.3 Å². The topological polar surface area (TPSA) is 54.9 Å². The molecule has 152 valence electrons.